The van der Waals surface area contributed by atoms with Crippen molar-refractivity contribution in [3.63, 3.8) is 0 Å². The molecule has 86 valence electrons. The van der Waals surface area contributed by atoms with Gasteiger partial charge >= 0.3 is 0 Å². The van der Waals surface area contributed by atoms with E-state index in [1.165, 1.54) is 13.0 Å². The lowest BCUT2D eigenvalue weighted by Crippen LogP contribution is -1.78. The van der Waals surface area contributed by atoms with Crippen molar-refractivity contribution in [2.24, 2.45) is 0 Å². The van der Waals surface area contributed by atoms with E-state index in [0.29, 0.717) is 10.8 Å². The van der Waals surface area contributed by atoms with Crippen molar-refractivity contribution in [1.82, 2.24) is 0 Å². The van der Waals surface area contributed by atoms with E-state index in [9.17, 15) is 4.79 Å². The highest BCUT2D eigenvalue weighted by molar-refractivity contribution is 6.30. The minimum absolute atomic E-state index is 0.00861. The summed E-state index contributed by atoms with van der Waals surface area (Å²) in [5.41, 5.74) is 0.917. The van der Waals surface area contributed by atoms with Gasteiger partial charge in [0.05, 0.1) is 0 Å². The summed E-state index contributed by atoms with van der Waals surface area (Å²) in [5.74, 6) is 1.37. The van der Waals surface area contributed by atoms with Gasteiger partial charge in [-0.2, -0.15) is 0 Å². The maximum absolute atomic E-state index is 10.8. The summed E-state index contributed by atoms with van der Waals surface area (Å²) in [7, 11) is 0. The van der Waals surface area contributed by atoms with Crippen LogP contribution in [0.1, 0.15) is 12.7 Å². The largest absolute Gasteiger partial charge is 0.457 e. The number of ketones is 1. The van der Waals surface area contributed by atoms with E-state index in [4.69, 9.17) is 16.0 Å². The predicted molar refractivity (Wildman–Crippen MR) is 68.9 cm³/mol. The first kappa shape index (κ1) is 11.7. The van der Waals surface area contributed by atoms with Gasteiger partial charge in [0.2, 0.25) is 0 Å². The molecule has 0 unspecified atom stereocenters. The number of carbonyl (C=O) groups is 1. The van der Waals surface area contributed by atoms with Gasteiger partial charge in [0.25, 0.3) is 0 Å². The van der Waals surface area contributed by atoms with Gasteiger partial charge in [-0.05, 0) is 43.3 Å². The van der Waals surface area contributed by atoms with E-state index in [0.717, 1.165) is 11.3 Å². The first-order chi connectivity index (χ1) is 8.15. The number of furan rings is 1. The number of rotatable bonds is 3. The molecule has 0 radical (unpaired) electrons. The summed E-state index contributed by atoms with van der Waals surface area (Å²) in [5, 5.41) is 0.666. The smallest absolute Gasteiger partial charge is 0.152 e. The Labute approximate surface area is 105 Å². The highest BCUT2D eigenvalue weighted by atomic mass is 35.5. The molecule has 0 amide bonds. The van der Waals surface area contributed by atoms with Crippen LogP contribution in [-0.2, 0) is 4.79 Å². The molecule has 1 aromatic carbocycles. The molecule has 2 aromatic rings. The minimum atomic E-state index is -0.00861. The van der Waals surface area contributed by atoms with Crippen molar-refractivity contribution in [3.8, 4) is 11.3 Å². The quantitative estimate of drug-likeness (QED) is 0.760. The van der Waals surface area contributed by atoms with Crippen LogP contribution in [-0.4, -0.2) is 5.78 Å². The Kier molecular flexibility index (Phi) is 3.45. The van der Waals surface area contributed by atoms with Gasteiger partial charge in [0.1, 0.15) is 11.5 Å². The lowest BCUT2D eigenvalue weighted by Gasteiger charge is -1.96. The SMILES string of the molecule is CC(=O)/C=C/c1ccc(-c2cccc(Cl)c2)o1. The van der Waals surface area contributed by atoms with Gasteiger partial charge in [0.15, 0.2) is 5.78 Å². The Bertz CT molecular complexity index is 567. The number of carbonyl (C=O) groups excluding carboxylic acids is 1. The van der Waals surface area contributed by atoms with E-state index < -0.39 is 0 Å². The Morgan fingerprint density at radius 3 is 2.82 bits per heavy atom. The van der Waals surface area contributed by atoms with Crippen LogP contribution in [0.5, 0.6) is 0 Å². The van der Waals surface area contributed by atoms with E-state index in [1.54, 1.807) is 6.08 Å². The van der Waals surface area contributed by atoms with Gasteiger partial charge in [-0.3, -0.25) is 4.79 Å². The Morgan fingerprint density at radius 1 is 1.29 bits per heavy atom. The van der Waals surface area contributed by atoms with Crippen molar-refractivity contribution in [1.29, 1.82) is 0 Å². The molecule has 0 spiro atoms. The van der Waals surface area contributed by atoms with Crippen molar-refractivity contribution < 1.29 is 9.21 Å². The van der Waals surface area contributed by atoms with Gasteiger partial charge < -0.3 is 4.42 Å². The van der Waals surface area contributed by atoms with E-state index >= 15 is 0 Å². The second kappa shape index (κ2) is 5.02. The molecule has 1 aromatic heterocycles. The van der Waals surface area contributed by atoms with Crippen LogP contribution < -0.4 is 0 Å². The van der Waals surface area contributed by atoms with Crippen molar-refractivity contribution in [3.05, 3.63) is 53.3 Å². The summed E-state index contributed by atoms with van der Waals surface area (Å²) >= 11 is 5.90. The number of hydrogen-bond acceptors (Lipinski definition) is 2. The molecule has 0 fully saturated rings. The van der Waals surface area contributed by atoms with Gasteiger partial charge in [-0.1, -0.05) is 23.7 Å². The van der Waals surface area contributed by atoms with Crippen LogP contribution in [0.25, 0.3) is 17.4 Å². The highest BCUT2D eigenvalue weighted by Gasteiger charge is 2.03. The Balaban J connectivity index is 2.27. The van der Waals surface area contributed by atoms with Gasteiger partial charge in [0, 0.05) is 10.6 Å². The Hall–Kier alpha value is -1.80. The lowest BCUT2D eigenvalue weighted by molar-refractivity contribution is -0.112. The normalized spacial score (nSPS) is 10.9. The molecule has 0 saturated heterocycles. The van der Waals surface area contributed by atoms with E-state index in [-0.39, 0.29) is 5.78 Å². The van der Waals surface area contributed by atoms with E-state index in [1.807, 2.05) is 36.4 Å². The average Bonchev–Trinajstić information content (AvgIpc) is 2.75. The summed E-state index contributed by atoms with van der Waals surface area (Å²) < 4.78 is 5.58. The maximum Gasteiger partial charge on any atom is 0.152 e. The number of halogens is 1. The lowest BCUT2D eigenvalue weighted by atomic mass is 10.2. The fourth-order valence-electron chi connectivity index (χ4n) is 1.44. The van der Waals surface area contributed by atoms with Crippen LogP contribution in [0.15, 0.2) is 46.9 Å². The molecule has 0 bridgehead atoms. The van der Waals surface area contributed by atoms with Crippen molar-refractivity contribution >= 4 is 23.5 Å². The van der Waals surface area contributed by atoms with Crippen molar-refractivity contribution in [2.45, 2.75) is 6.92 Å². The summed E-state index contributed by atoms with van der Waals surface area (Å²) in [4.78, 5) is 10.8. The zero-order chi connectivity index (χ0) is 12.3. The molecule has 17 heavy (non-hydrogen) atoms. The van der Waals surface area contributed by atoms with Crippen LogP contribution >= 0.6 is 11.6 Å². The second-order valence-corrected chi connectivity index (χ2v) is 4.09. The summed E-state index contributed by atoms with van der Waals surface area (Å²) in [6.45, 7) is 1.50. The fourth-order valence-corrected chi connectivity index (χ4v) is 1.63. The molecule has 2 rings (SSSR count). The first-order valence-corrected chi connectivity index (χ1v) is 5.57. The monoisotopic (exact) mass is 246 g/mol. The topological polar surface area (TPSA) is 30.2 Å². The van der Waals surface area contributed by atoms with E-state index in [2.05, 4.69) is 0 Å². The molecular formula is C14H11ClO2. The predicted octanol–water partition coefficient (Wildman–Crippen LogP) is 4.20. The first-order valence-electron chi connectivity index (χ1n) is 5.19. The third kappa shape index (κ3) is 3.08. The van der Waals surface area contributed by atoms with Crippen LogP contribution in [0.3, 0.4) is 0 Å². The molecular weight excluding hydrogens is 236 g/mol. The zero-order valence-corrected chi connectivity index (χ0v) is 10.1. The number of allylic oxidation sites excluding steroid dienone is 1. The molecule has 0 aliphatic rings. The molecule has 2 nitrogen and oxygen atoms in total. The molecule has 0 aliphatic heterocycles. The third-order valence-corrected chi connectivity index (χ3v) is 2.45. The van der Waals surface area contributed by atoms with Gasteiger partial charge in [-0.25, -0.2) is 0 Å². The summed E-state index contributed by atoms with van der Waals surface area (Å²) in [6.07, 6.45) is 3.12. The summed E-state index contributed by atoms with van der Waals surface area (Å²) in [6, 6.07) is 11.1. The van der Waals surface area contributed by atoms with Crippen LogP contribution in [0.4, 0.5) is 0 Å². The second-order valence-electron chi connectivity index (χ2n) is 3.66. The molecule has 0 N–H and O–H groups in total. The molecule has 0 atom stereocenters. The number of benzene rings is 1. The van der Waals surface area contributed by atoms with Crippen molar-refractivity contribution in [2.75, 3.05) is 0 Å². The molecule has 3 heteroatoms. The van der Waals surface area contributed by atoms with Crippen LogP contribution in [0, 0.1) is 0 Å². The standard InChI is InChI=1S/C14H11ClO2/c1-10(16)5-6-13-7-8-14(17-13)11-3-2-4-12(15)9-11/h2-9H,1H3/b6-5+. The number of hydrogen-bond donors (Lipinski definition) is 0. The Morgan fingerprint density at radius 2 is 2.12 bits per heavy atom. The molecule has 0 aliphatic carbocycles. The third-order valence-electron chi connectivity index (χ3n) is 2.22. The zero-order valence-electron chi connectivity index (χ0n) is 9.31. The maximum atomic E-state index is 10.8. The molecule has 0 saturated carbocycles. The minimum Gasteiger partial charge on any atom is -0.457 e. The highest BCUT2D eigenvalue weighted by Crippen LogP contribution is 2.25. The average molecular weight is 247 g/mol. The van der Waals surface area contributed by atoms with Crippen LogP contribution in [0.2, 0.25) is 5.02 Å². The molecule has 1 heterocycles. The van der Waals surface area contributed by atoms with Gasteiger partial charge in [-0.15, -0.1) is 0 Å². The fraction of sp³-hybridized carbons (Fsp3) is 0.0714.